The van der Waals surface area contributed by atoms with Gasteiger partial charge in [0, 0.05) is 36.1 Å². The SMILES string of the molecule is Cc1cc(C)c2nc(C3CC3)cc(C(=O)N3CCC(C(C)N)CC3)c2c1.Cl.Cl. The van der Waals surface area contributed by atoms with E-state index in [1.807, 2.05) is 4.90 Å². The minimum Gasteiger partial charge on any atom is -0.339 e. The normalized spacial score (nSPS) is 18.4. The quantitative estimate of drug-likeness (QED) is 0.772. The van der Waals surface area contributed by atoms with Crippen molar-refractivity contribution in [3.63, 3.8) is 0 Å². The number of hydrogen-bond donors (Lipinski definition) is 1. The predicted octanol–water partition coefficient (Wildman–Crippen LogP) is 4.77. The van der Waals surface area contributed by atoms with Gasteiger partial charge in [0.2, 0.25) is 0 Å². The molecule has 4 rings (SSSR count). The van der Waals surface area contributed by atoms with Gasteiger partial charge in [-0.25, -0.2) is 0 Å². The highest BCUT2D eigenvalue weighted by Crippen LogP contribution is 2.41. The summed E-state index contributed by atoms with van der Waals surface area (Å²) in [6.07, 6.45) is 4.38. The van der Waals surface area contributed by atoms with E-state index in [4.69, 9.17) is 10.7 Å². The van der Waals surface area contributed by atoms with Crippen molar-refractivity contribution in [3.8, 4) is 0 Å². The first kappa shape index (κ1) is 22.9. The first-order chi connectivity index (χ1) is 12.4. The van der Waals surface area contributed by atoms with Gasteiger partial charge in [0.05, 0.1) is 11.1 Å². The second-order valence-electron chi connectivity index (χ2n) is 8.34. The van der Waals surface area contributed by atoms with Gasteiger partial charge in [0.25, 0.3) is 5.91 Å². The van der Waals surface area contributed by atoms with Crippen molar-refractivity contribution in [2.75, 3.05) is 13.1 Å². The molecule has 28 heavy (non-hydrogen) atoms. The van der Waals surface area contributed by atoms with E-state index in [1.54, 1.807) is 0 Å². The van der Waals surface area contributed by atoms with Gasteiger partial charge in [-0.1, -0.05) is 11.6 Å². The standard InChI is InChI=1S/C22H29N3O.2ClH/c1-13-10-14(2)21-18(11-13)19(12-20(24-21)17-4-5-17)22(26)25-8-6-16(7-9-25)15(3)23;;/h10-12,15-17H,4-9,23H2,1-3H3;2*1H. The van der Waals surface area contributed by atoms with Crippen LogP contribution in [0.3, 0.4) is 0 Å². The summed E-state index contributed by atoms with van der Waals surface area (Å²) >= 11 is 0. The Kier molecular flexibility index (Phi) is 7.35. The maximum absolute atomic E-state index is 13.4. The number of carbonyl (C=O) groups excluding carboxylic acids is 1. The topological polar surface area (TPSA) is 59.2 Å². The van der Waals surface area contributed by atoms with E-state index in [-0.39, 0.29) is 36.8 Å². The molecule has 1 aliphatic carbocycles. The van der Waals surface area contributed by atoms with Crippen LogP contribution in [-0.4, -0.2) is 34.9 Å². The number of aryl methyl sites for hydroxylation is 2. The highest BCUT2D eigenvalue weighted by molar-refractivity contribution is 6.07. The van der Waals surface area contributed by atoms with Crippen molar-refractivity contribution in [1.82, 2.24) is 9.88 Å². The Bertz CT molecular complexity index is 856. The Labute approximate surface area is 180 Å². The zero-order valence-electron chi connectivity index (χ0n) is 16.9. The molecule has 0 spiro atoms. The number of amides is 1. The van der Waals surface area contributed by atoms with E-state index >= 15 is 0 Å². The Balaban J connectivity index is 0.00000140. The van der Waals surface area contributed by atoms with Crippen LogP contribution >= 0.6 is 24.8 Å². The van der Waals surface area contributed by atoms with Crippen LogP contribution in [0.5, 0.6) is 0 Å². The largest absolute Gasteiger partial charge is 0.339 e. The number of halogens is 2. The minimum absolute atomic E-state index is 0. The van der Waals surface area contributed by atoms with Gasteiger partial charge in [-0.05, 0) is 70.1 Å². The van der Waals surface area contributed by atoms with Crippen LogP contribution in [0.15, 0.2) is 18.2 Å². The van der Waals surface area contributed by atoms with E-state index < -0.39 is 0 Å². The molecule has 1 aromatic heterocycles. The van der Waals surface area contributed by atoms with Crippen molar-refractivity contribution in [3.05, 3.63) is 40.6 Å². The molecule has 1 aromatic carbocycles. The van der Waals surface area contributed by atoms with Gasteiger partial charge in [-0.3, -0.25) is 9.78 Å². The van der Waals surface area contributed by atoms with E-state index in [0.717, 1.165) is 53.7 Å². The molecular weight excluding hydrogens is 393 g/mol. The Morgan fingerprint density at radius 1 is 1.11 bits per heavy atom. The fraction of sp³-hybridized carbons (Fsp3) is 0.545. The van der Waals surface area contributed by atoms with Crippen molar-refractivity contribution >= 4 is 41.6 Å². The molecule has 2 aromatic rings. The third-order valence-corrected chi connectivity index (χ3v) is 6.06. The third-order valence-electron chi connectivity index (χ3n) is 6.06. The Morgan fingerprint density at radius 2 is 1.75 bits per heavy atom. The molecule has 2 heterocycles. The molecule has 0 bridgehead atoms. The third kappa shape index (κ3) is 4.45. The van der Waals surface area contributed by atoms with Crippen molar-refractivity contribution in [2.24, 2.45) is 11.7 Å². The molecule has 1 saturated heterocycles. The summed E-state index contributed by atoms with van der Waals surface area (Å²) in [5, 5.41) is 1.01. The van der Waals surface area contributed by atoms with Gasteiger partial charge < -0.3 is 10.6 Å². The van der Waals surface area contributed by atoms with Crippen LogP contribution in [-0.2, 0) is 0 Å². The zero-order valence-corrected chi connectivity index (χ0v) is 18.5. The molecule has 0 radical (unpaired) electrons. The van der Waals surface area contributed by atoms with Crippen LogP contribution < -0.4 is 5.73 Å². The summed E-state index contributed by atoms with van der Waals surface area (Å²) in [7, 11) is 0. The zero-order chi connectivity index (χ0) is 18.4. The fourth-order valence-electron chi connectivity index (χ4n) is 4.26. The first-order valence-electron chi connectivity index (χ1n) is 9.91. The van der Waals surface area contributed by atoms with Crippen molar-refractivity contribution in [2.45, 2.75) is 58.4 Å². The number of nitrogens with two attached hydrogens (primary N) is 1. The fourth-order valence-corrected chi connectivity index (χ4v) is 4.26. The van der Waals surface area contributed by atoms with Crippen molar-refractivity contribution in [1.29, 1.82) is 0 Å². The number of carbonyl (C=O) groups is 1. The second-order valence-corrected chi connectivity index (χ2v) is 8.34. The molecule has 154 valence electrons. The number of rotatable bonds is 3. The average molecular weight is 424 g/mol. The van der Waals surface area contributed by atoms with Crippen LogP contribution in [0.4, 0.5) is 0 Å². The lowest BCUT2D eigenvalue weighted by molar-refractivity contribution is 0.0683. The van der Waals surface area contributed by atoms with Gasteiger partial charge in [0.15, 0.2) is 0 Å². The molecule has 1 unspecified atom stereocenters. The van der Waals surface area contributed by atoms with E-state index in [0.29, 0.717) is 11.8 Å². The minimum atomic E-state index is 0. The van der Waals surface area contributed by atoms with Gasteiger partial charge in [-0.15, -0.1) is 24.8 Å². The number of aromatic nitrogens is 1. The Morgan fingerprint density at radius 3 is 2.32 bits per heavy atom. The van der Waals surface area contributed by atoms with Gasteiger partial charge in [0.1, 0.15) is 0 Å². The summed E-state index contributed by atoms with van der Waals surface area (Å²) in [6.45, 7) is 7.87. The molecular formula is C22H31Cl2N3O. The summed E-state index contributed by atoms with van der Waals surface area (Å²) in [5.41, 5.74) is 11.3. The number of likely N-dealkylation sites (tertiary alicyclic amines) is 1. The van der Waals surface area contributed by atoms with Crippen molar-refractivity contribution < 1.29 is 4.79 Å². The number of benzene rings is 1. The maximum Gasteiger partial charge on any atom is 0.254 e. The second kappa shape index (κ2) is 8.98. The molecule has 4 nitrogen and oxygen atoms in total. The number of piperidine rings is 1. The first-order valence-corrected chi connectivity index (χ1v) is 9.91. The summed E-state index contributed by atoms with van der Waals surface area (Å²) in [4.78, 5) is 20.3. The van der Waals surface area contributed by atoms with Crippen LogP contribution in [0, 0.1) is 19.8 Å². The molecule has 6 heteroatoms. The van der Waals surface area contributed by atoms with E-state index in [2.05, 4.69) is 39.0 Å². The predicted molar refractivity (Wildman–Crippen MR) is 120 cm³/mol. The van der Waals surface area contributed by atoms with Gasteiger partial charge >= 0.3 is 0 Å². The Hall–Kier alpha value is -1.36. The lowest BCUT2D eigenvalue weighted by Gasteiger charge is -2.34. The smallest absolute Gasteiger partial charge is 0.254 e. The highest BCUT2D eigenvalue weighted by atomic mass is 35.5. The number of nitrogens with zero attached hydrogens (tertiary/aromatic N) is 2. The van der Waals surface area contributed by atoms with Gasteiger partial charge in [-0.2, -0.15) is 0 Å². The molecule has 2 N–H and O–H groups in total. The lowest BCUT2D eigenvalue weighted by Crippen LogP contribution is -2.42. The van der Waals surface area contributed by atoms with Crippen LogP contribution in [0.2, 0.25) is 0 Å². The maximum atomic E-state index is 13.4. The average Bonchev–Trinajstić information content (AvgIpc) is 3.45. The molecule has 1 amide bonds. The summed E-state index contributed by atoms with van der Waals surface area (Å²) in [6, 6.07) is 6.56. The molecule has 1 aliphatic heterocycles. The molecule has 2 aliphatic rings. The van der Waals surface area contributed by atoms with E-state index in [9.17, 15) is 4.79 Å². The van der Waals surface area contributed by atoms with Crippen LogP contribution in [0.25, 0.3) is 10.9 Å². The lowest BCUT2D eigenvalue weighted by atomic mass is 9.90. The molecule has 2 fully saturated rings. The molecule has 1 atom stereocenters. The van der Waals surface area contributed by atoms with E-state index in [1.165, 1.54) is 18.4 Å². The highest BCUT2D eigenvalue weighted by Gasteiger charge is 2.30. The number of fused-ring (bicyclic) bond motifs is 1. The monoisotopic (exact) mass is 423 g/mol. The van der Waals surface area contributed by atoms with Crippen LogP contribution in [0.1, 0.15) is 65.7 Å². The molecule has 1 saturated carbocycles. The summed E-state index contributed by atoms with van der Waals surface area (Å²) in [5.74, 6) is 1.22. The summed E-state index contributed by atoms with van der Waals surface area (Å²) < 4.78 is 0. The number of pyridine rings is 1. The number of hydrogen-bond acceptors (Lipinski definition) is 3.